The van der Waals surface area contributed by atoms with Gasteiger partial charge in [-0.15, -0.1) is 0 Å². The summed E-state index contributed by atoms with van der Waals surface area (Å²) in [4.78, 5) is 15.0. The average Bonchev–Trinajstić information content (AvgIpc) is 2.29. The van der Waals surface area contributed by atoms with E-state index in [0.29, 0.717) is 5.56 Å². The largest absolute Gasteiger partial charge is 0.420 e. The van der Waals surface area contributed by atoms with E-state index >= 15 is 0 Å². The number of anilines is 1. The molecule has 1 aromatic rings. The predicted molar refractivity (Wildman–Crippen MR) is 61.6 cm³/mol. The number of aryl methyl sites for hydroxylation is 1. The lowest BCUT2D eigenvalue weighted by Crippen LogP contribution is -2.66. The summed E-state index contributed by atoms with van der Waals surface area (Å²) < 4.78 is 75.6. The van der Waals surface area contributed by atoms with Crippen molar-refractivity contribution >= 4 is 11.8 Å². The highest BCUT2D eigenvalue weighted by Gasteiger charge is 2.68. The second-order valence-electron chi connectivity index (χ2n) is 4.37. The Morgan fingerprint density at radius 1 is 1.14 bits per heavy atom. The van der Waals surface area contributed by atoms with Crippen molar-refractivity contribution in [1.82, 2.24) is 10.3 Å². The fourth-order valence-corrected chi connectivity index (χ4v) is 1.28. The van der Waals surface area contributed by atoms with Crippen LogP contribution in [0.5, 0.6) is 0 Å². The molecule has 21 heavy (non-hydrogen) atoms. The van der Waals surface area contributed by atoms with Gasteiger partial charge in [-0.2, -0.15) is 26.3 Å². The highest BCUT2D eigenvalue weighted by Crippen LogP contribution is 2.42. The SMILES string of the molecule is Cc1cccnc1NC(=O)NC(C)(C(F)(F)F)C(F)(F)F. The number of carbonyl (C=O) groups is 1. The van der Waals surface area contributed by atoms with Gasteiger partial charge in [0.25, 0.3) is 0 Å². The zero-order valence-electron chi connectivity index (χ0n) is 10.9. The van der Waals surface area contributed by atoms with Gasteiger partial charge < -0.3 is 5.32 Å². The van der Waals surface area contributed by atoms with Gasteiger partial charge in [-0.1, -0.05) is 6.07 Å². The van der Waals surface area contributed by atoms with Crippen LogP contribution in [0, 0.1) is 6.92 Å². The first-order valence-corrected chi connectivity index (χ1v) is 5.53. The predicted octanol–water partition coefficient (Wildman–Crippen LogP) is 3.39. The minimum Gasteiger partial charge on any atom is -0.316 e. The summed E-state index contributed by atoms with van der Waals surface area (Å²) in [5.74, 6) is -0.137. The van der Waals surface area contributed by atoms with Gasteiger partial charge in [0.15, 0.2) is 0 Å². The number of rotatable bonds is 2. The summed E-state index contributed by atoms with van der Waals surface area (Å²) in [6.07, 6.45) is -10.2. The maximum atomic E-state index is 12.6. The summed E-state index contributed by atoms with van der Waals surface area (Å²) in [6, 6.07) is 1.32. The van der Waals surface area contributed by atoms with Crippen LogP contribution in [0.15, 0.2) is 18.3 Å². The third-order valence-corrected chi connectivity index (χ3v) is 2.74. The first-order chi connectivity index (χ1) is 9.38. The summed E-state index contributed by atoms with van der Waals surface area (Å²) >= 11 is 0. The molecule has 0 saturated heterocycles. The molecule has 2 amide bonds. The van der Waals surface area contributed by atoms with Crippen LogP contribution in [0.2, 0.25) is 0 Å². The number of urea groups is 1. The molecule has 0 aliphatic rings. The number of pyridine rings is 1. The molecule has 1 aromatic heterocycles. The number of alkyl halides is 6. The Morgan fingerprint density at radius 2 is 1.67 bits per heavy atom. The van der Waals surface area contributed by atoms with Crippen LogP contribution >= 0.6 is 0 Å². The van der Waals surface area contributed by atoms with Gasteiger partial charge in [0.05, 0.1) is 0 Å². The molecule has 1 rings (SSSR count). The lowest BCUT2D eigenvalue weighted by Gasteiger charge is -2.34. The minimum atomic E-state index is -5.71. The Labute approximate surface area is 115 Å². The monoisotopic (exact) mass is 315 g/mol. The lowest BCUT2D eigenvalue weighted by molar-refractivity contribution is -0.297. The standard InChI is InChI=1S/C11H11F6N3O/c1-6-4-3-5-18-7(6)19-8(21)20-9(2,10(12,13)14)11(15,16)17/h3-5H,1-2H3,(H2,18,19,20,21). The van der Waals surface area contributed by atoms with E-state index in [9.17, 15) is 31.1 Å². The normalized spacial score (nSPS) is 13.0. The van der Waals surface area contributed by atoms with Gasteiger partial charge in [0.1, 0.15) is 5.82 Å². The number of nitrogens with one attached hydrogen (secondary N) is 2. The molecule has 10 heteroatoms. The van der Waals surface area contributed by atoms with E-state index in [1.165, 1.54) is 25.3 Å². The zero-order chi connectivity index (χ0) is 16.5. The molecular weight excluding hydrogens is 304 g/mol. The molecule has 118 valence electrons. The van der Waals surface area contributed by atoms with Crippen molar-refractivity contribution < 1.29 is 31.1 Å². The number of hydrogen-bond donors (Lipinski definition) is 2. The van der Waals surface area contributed by atoms with Crippen molar-refractivity contribution in [2.45, 2.75) is 31.7 Å². The topological polar surface area (TPSA) is 54.0 Å². The van der Waals surface area contributed by atoms with Gasteiger partial charge in [0, 0.05) is 6.20 Å². The summed E-state index contributed by atoms with van der Waals surface area (Å²) in [5, 5.41) is 2.76. The van der Waals surface area contributed by atoms with Crippen LogP contribution in [0.1, 0.15) is 12.5 Å². The molecule has 0 spiro atoms. The van der Waals surface area contributed by atoms with Crippen molar-refractivity contribution in [2.24, 2.45) is 0 Å². The number of aromatic nitrogens is 1. The molecular formula is C11H11F6N3O. The zero-order valence-corrected chi connectivity index (χ0v) is 10.9. The molecule has 0 unspecified atom stereocenters. The van der Waals surface area contributed by atoms with Gasteiger partial charge in [-0.3, -0.25) is 5.32 Å². The first kappa shape index (κ1) is 17.1. The van der Waals surface area contributed by atoms with E-state index in [4.69, 9.17) is 0 Å². The van der Waals surface area contributed by atoms with Crippen LogP contribution in [0.3, 0.4) is 0 Å². The lowest BCUT2D eigenvalue weighted by atomic mass is 10.0. The Balaban J connectivity index is 2.96. The molecule has 0 aromatic carbocycles. The smallest absolute Gasteiger partial charge is 0.316 e. The summed E-state index contributed by atoms with van der Waals surface area (Å²) in [6.45, 7) is 1.33. The van der Waals surface area contributed by atoms with E-state index in [1.807, 2.05) is 5.32 Å². The highest BCUT2D eigenvalue weighted by molar-refractivity contribution is 5.89. The maximum Gasteiger partial charge on any atom is 0.420 e. The van der Waals surface area contributed by atoms with E-state index in [1.54, 1.807) is 0 Å². The van der Waals surface area contributed by atoms with Crippen LogP contribution in [-0.2, 0) is 0 Å². The van der Waals surface area contributed by atoms with Crippen LogP contribution in [-0.4, -0.2) is 28.9 Å². The number of nitrogens with zero attached hydrogens (tertiary/aromatic N) is 1. The molecule has 0 atom stereocenters. The molecule has 0 aliphatic heterocycles. The van der Waals surface area contributed by atoms with Gasteiger partial charge in [0.2, 0.25) is 5.54 Å². The molecule has 0 fully saturated rings. The molecule has 0 aliphatic carbocycles. The van der Waals surface area contributed by atoms with Gasteiger partial charge >= 0.3 is 18.4 Å². The summed E-state index contributed by atoms with van der Waals surface area (Å²) in [5.41, 5.74) is -3.99. The van der Waals surface area contributed by atoms with Crippen molar-refractivity contribution in [1.29, 1.82) is 0 Å². The molecule has 1 heterocycles. The van der Waals surface area contributed by atoms with Crippen LogP contribution < -0.4 is 10.6 Å². The van der Waals surface area contributed by atoms with Crippen molar-refractivity contribution in [3.8, 4) is 0 Å². The van der Waals surface area contributed by atoms with E-state index < -0.39 is 23.9 Å². The third-order valence-electron chi connectivity index (χ3n) is 2.74. The third kappa shape index (κ3) is 3.56. The number of hydrogen-bond acceptors (Lipinski definition) is 2. The van der Waals surface area contributed by atoms with E-state index in [0.717, 1.165) is 5.32 Å². The minimum absolute atomic E-state index is 0.137. The molecule has 0 radical (unpaired) electrons. The summed E-state index contributed by atoms with van der Waals surface area (Å²) in [7, 11) is 0. The quantitative estimate of drug-likeness (QED) is 0.822. The second kappa shape index (κ2) is 5.41. The first-order valence-electron chi connectivity index (χ1n) is 5.53. The molecule has 0 bridgehead atoms. The van der Waals surface area contributed by atoms with Gasteiger partial charge in [-0.05, 0) is 25.5 Å². The molecule has 0 saturated carbocycles. The van der Waals surface area contributed by atoms with Crippen molar-refractivity contribution in [3.05, 3.63) is 23.9 Å². The fourth-order valence-electron chi connectivity index (χ4n) is 1.28. The number of halogens is 6. The van der Waals surface area contributed by atoms with Crippen LogP contribution in [0.4, 0.5) is 37.0 Å². The van der Waals surface area contributed by atoms with Gasteiger partial charge in [-0.25, -0.2) is 9.78 Å². The van der Waals surface area contributed by atoms with E-state index in [-0.39, 0.29) is 12.7 Å². The Hall–Kier alpha value is -2.00. The van der Waals surface area contributed by atoms with Crippen molar-refractivity contribution in [3.63, 3.8) is 0 Å². The number of carbonyl (C=O) groups excluding carboxylic acids is 1. The second-order valence-corrected chi connectivity index (χ2v) is 4.37. The molecule has 4 nitrogen and oxygen atoms in total. The van der Waals surface area contributed by atoms with E-state index in [2.05, 4.69) is 4.98 Å². The highest BCUT2D eigenvalue weighted by atomic mass is 19.4. The van der Waals surface area contributed by atoms with Crippen molar-refractivity contribution in [2.75, 3.05) is 5.32 Å². The number of amides is 2. The Kier molecular flexibility index (Phi) is 4.40. The maximum absolute atomic E-state index is 12.6. The Morgan fingerprint density at radius 3 is 2.10 bits per heavy atom. The molecule has 2 N–H and O–H groups in total. The van der Waals surface area contributed by atoms with Crippen LogP contribution in [0.25, 0.3) is 0 Å². The Bertz CT molecular complexity index is 511. The average molecular weight is 315 g/mol. The fraction of sp³-hybridized carbons (Fsp3) is 0.455.